The minimum Gasteiger partial charge on any atom is -0.388 e. The summed E-state index contributed by atoms with van der Waals surface area (Å²) in [6, 6.07) is 0.289. The van der Waals surface area contributed by atoms with Crippen LogP contribution in [0.1, 0.15) is 54.4 Å². The molecule has 0 aromatic carbocycles. The van der Waals surface area contributed by atoms with Gasteiger partial charge in [0, 0.05) is 82.3 Å². The highest BCUT2D eigenvalue weighted by Gasteiger charge is 2.09. The predicted octanol–water partition coefficient (Wildman–Crippen LogP) is 6.35. The van der Waals surface area contributed by atoms with Crippen LogP contribution in [0.5, 0.6) is 0 Å². The van der Waals surface area contributed by atoms with Gasteiger partial charge in [-0.3, -0.25) is 9.89 Å². The summed E-state index contributed by atoms with van der Waals surface area (Å²) >= 11 is 0. The summed E-state index contributed by atoms with van der Waals surface area (Å²) in [6.45, 7) is 18.9. The van der Waals surface area contributed by atoms with E-state index in [1.807, 2.05) is 44.7 Å². The molecule has 0 rings (SSSR count). The van der Waals surface area contributed by atoms with Gasteiger partial charge in [-0.1, -0.05) is 51.8 Å². The zero-order valence-corrected chi connectivity index (χ0v) is 25.3. The van der Waals surface area contributed by atoms with Crippen LogP contribution in [-0.4, -0.2) is 69.6 Å². The molecule has 0 bridgehead atoms. The molecule has 0 amide bonds. The van der Waals surface area contributed by atoms with Crippen molar-refractivity contribution < 1.29 is 0 Å². The quantitative estimate of drug-likeness (QED) is 0.142. The van der Waals surface area contributed by atoms with Gasteiger partial charge in [0.25, 0.3) is 0 Å². The van der Waals surface area contributed by atoms with Gasteiger partial charge < -0.3 is 15.2 Å². The fourth-order valence-corrected chi connectivity index (χ4v) is 3.50. The summed E-state index contributed by atoms with van der Waals surface area (Å²) in [6.07, 6.45) is 22.1. The Balaban J connectivity index is 4.99. The van der Waals surface area contributed by atoms with E-state index in [-0.39, 0.29) is 12.0 Å². The Morgan fingerprint density at radius 1 is 1.11 bits per heavy atom. The number of aliphatic imine (C=N–C) groups is 2. The van der Waals surface area contributed by atoms with Crippen molar-refractivity contribution in [3.63, 3.8) is 0 Å². The molecule has 0 heterocycles. The van der Waals surface area contributed by atoms with Gasteiger partial charge in [0.15, 0.2) is 0 Å². The monoisotopic (exact) mass is 507 g/mol. The van der Waals surface area contributed by atoms with Crippen LogP contribution in [0.4, 0.5) is 0 Å². The second-order valence-electron chi connectivity index (χ2n) is 10.6. The van der Waals surface area contributed by atoms with Gasteiger partial charge in [-0.2, -0.15) is 0 Å². The Kier molecular flexibility index (Phi) is 17.8. The number of rotatable bonds is 17. The van der Waals surface area contributed by atoms with Gasteiger partial charge in [0.2, 0.25) is 0 Å². The van der Waals surface area contributed by atoms with Crippen LogP contribution in [0.25, 0.3) is 0 Å². The van der Waals surface area contributed by atoms with Crippen molar-refractivity contribution in [1.29, 1.82) is 0 Å². The molecule has 0 aromatic rings. The second-order valence-corrected chi connectivity index (χ2v) is 10.6. The third kappa shape index (κ3) is 16.5. The van der Waals surface area contributed by atoms with Gasteiger partial charge in [-0.15, -0.1) is 6.42 Å². The molecule has 0 aliphatic rings. The number of hydrogen-bond donors (Lipinski definition) is 1. The molecule has 0 saturated heterocycles. The van der Waals surface area contributed by atoms with E-state index in [1.54, 1.807) is 0 Å². The minimum absolute atomic E-state index is 0.196. The number of nitrogens with zero attached hydrogens (tertiary/aromatic N) is 4. The van der Waals surface area contributed by atoms with Crippen molar-refractivity contribution in [1.82, 2.24) is 15.1 Å². The molecular formula is C32H53N5. The molecule has 0 aliphatic carbocycles. The van der Waals surface area contributed by atoms with Crippen LogP contribution in [0, 0.1) is 30.1 Å². The van der Waals surface area contributed by atoms with E-state index in [0.717, 1.165) is 42.8 Å². The van der Waals surface area contributed by atoms with E-state index in [2.05, 4.69) is 106 Å². The Morgan fingerprint density at radius 3 is 2.35 bits per heavy atom. The zero-order chi connectivity index (χ0) is 28.4. The van der Waals surface area contributed by atoms with Crippen molar-refractivity contribution in [2.45, 2.75) is 60.4 Å². The highest BCUT2D eigenvalue weighted by atomic mass is 15.1. The Morgan fingerprint density at radius 2 is 1.78 bits per heavy atom. The fraction of sp³-hybridized carbons (Fsp3) is 0.562. The van der Waals surface area contributed by atoms with E-state index in [4.69, 9.17) is 6.42 Å². The van der Waals surface area contributed by atoms with E-state index in [9.17, 15) is 0 Å². The molecule has 3 atom stereocenters. The van der Waals surface area contributed by atoms with Crippen LogP contribution in [0.2, 0.25) is 0 Å². The maximum absolute atomic E-state index is 5.91. The molecule has 3 unspecified atom stereocenters. The second kappa shape index (κ2) is 19.3. The van der Waals surface area contributed by atoms with Gasteiger partial charge in [0.05, 0.1) is 0 Å². The molecule has 0 aliphatic heterocycles. The van der Waals surface area contributed by atoms with E-state index in [1.165, 1.54) is 5.57 Å². The molecule has 0 radical (unpaired) electrons. The van der Waals surface area contributed by atoms with Crippen LogP contribution < -0.4 is 5.32 Å². The predicted molar refractivity (Wildman–Crippen MR) is 166 cm³/mol. The Hall–Kier alpha value is -2.84. The highest BCUT2D eigenvalue weighted by molar-refractivity contribution is 5.64. The summed E-state index contributed by atoms with van der Waals surface area (Å²) in [5.41, 5.74) is 4.26. The molecule has 0 saturated carbocycles. The third-order valence-corrected chi connectivity index (χ3v) is 5.92. The maximum atomic E-state index is 5.91. The third-order valence-electron chi connectivity index (χ3n) is 5.92. The van der Waals surface area contributed by atoms with Crippen molar-refractivity contribution >= 4 is 12.4 Å². The van der Waals surface area contributed by atoms with E-state index >= 15 is 0 Å². The van der Waals surface area contributed by atoms with Gasteiger partial charge in [0.1, 0.15) is 0 Å². The molecule has 206 valence electrons. The Bertz CT molecular complexity index is 893. The average molecular weight is 508 g/mol. The van der Waals surface area contributed by atoms with Crippen molar-refractivity contribution in [2.75, 3.05) is 41.3 Å². The van der Waals surface area contributed by atoms with Crippen LogP contribution in [0.3, 0.4) is 0 Å². The summed E-state index contributed by atoms with van der Waals surface area (Å²) in [5, 5.41) is 3.38. The van der Waals surface area contributed by atoms with Gasteiger partial charge in [-0.05, 0) is 63.3 Å². The lowest BCUT2D eigenvalue weighted by Crippen LogP contribution is -2.28. The molecule has 0 aromatic heterocycles. The SMILES string of the molecule is C#CC(=C\C(C)=C/CCN(C)C(C)/C=C\N=C/C(C)C(=C)NCC(C)C)/C(=C/N(C)C)CC(C)/C=N\C. The summed E-state index contributed by atoms with van der Waals surface area (Å²) in [4.78, 5) is 13.0. The number of hydrogen-bond acceptors (Lipinski definition) is 5. The standard InChI is InChI=1S/C32H53N5/c1-13-31(32(24-36(10)11)20-27(5)22-33-9)19-26(4)15-14-18-37(12)29(7)16-17-34-23-28(6)30(8)35-21-25(2)3/h1,15-17,19,22-25,27-29,35H,8,14,18,20-21H2,2-7,9-12H3/b17-16-,26-15-,31-19+,32-24+,33-22-,34-23-. The van der Waals surface area contributed by atoms with Gasteiger partial charge >= 0.3 is 0 Å². The Labute approximate surface area is 228 Å². The summed E-state index contributed by atoms with van der Waals surface area (Å²) < 4.78 is 0. The number of terminal acetylenes is 1. The lowest BCUT2D eigenvalue weighted by Gasteiger charge is -2.21. The van der Waals surface area contributed by atoms with Gasteiger partial charge in [-0.25, -0.2) is 0 Å². The fourth-order valence-electron chi connectivity index (χ4n) is 3.50. The first-order valence-electron chi connectivity index (χ1n) is 13.4. The molecule has 37 heavy (non-hydrogen) atoms. The first kappa shape index (κ1) is 34.2. The number of allylic oxidation sites excluding steroid dienone is 5. The largest absolute Gasteiger partial charge is 0.388 e. The highest BCUT2D eigenvalue weighted by Crippen LogP contribution is 2.21. The normalized spacial score (nSPS) is 16.1. The average Bonchev–Trinajstić information content (AvgIpc) is 2.82. The first-order chi connectivity index (χ1) is 17.4. The van der Waals surface area contributed by atoms with Crippen LogP contribution >= 0.6 is 0 Å². The van der Waals surface area contributed by atoms with Crippen LogP contribution in [0.15, 0.2) is 69.6 Å². The van der Waals surface area contributed by atoms with Crippen LogP contribution in [-0.2, 0) is 0 Å². The smallest absolute Gasteiger partial charge is 0.0306 e. The molecule has 0 fully saturated rings. The molecule has 5 nitrogen and oxygen atoms in total. The summed E-state index contributed by atoms with van der Waals surface area (Å²) in [5.74, 6) is 4.02. The topological polar surface area (TPSA) is 43.2 Å². The van der Waals surface area contributed by atoms with E-state index in [0.29, 0.717) is 11.8 Å². The maximum Gasteiger partial charge on any atom is 0.0306 e. The lowest BCUT2D eigenvalue weighted by molar-refractivity contribution is 0.302. The number of nitrogens with one attached hydrogen (secondary N) is 1. The lowest BCUT2D eigenvalue weighted by atomic mass is 9.95. The molecule has 5 heteroatoms. The number of likely N-dealkylation sites (N-methyl/N-ethyl adjacent to an activating group) is 1. The molecule has 1 N–H and O–H groups in total. The first-order valence-corrected chi connectivity index (χ1v) is 13.4. The van der Waals surface area contributed by atoms with Crippen molar-refractivity contribution in [3.8, 4) is 12.3 Å². The van der Waals surface area contributed by atoms with Crippen molar-refractivity contribution in [3.05, 3.63) is 59.6 Å². The summed E-state index contributed by atoms with van der Waals surface area (Å²) in [7, 11) is 7.99. The van der Waals surface area contributed by atoms with E-state index < -0.39 is 0 Å². The molecular weight excluding hydrogens is 454 g/mol. The molecule has 0 spiro atoms. The van der Waals surface area contributed by atoms with Crippen molar-refractivity contribution in [2.24, 2.45) is 27.7 Å². The zero-order valence-electron chi connectivity index (χ0n) is 25.3. The minimum atomic E-state index is 0.196.